The predicted octanol–water partition coefficient (Wildman–Crippen LogP) is 2.78. The van der Waals surface area contributed by atoms with E-state index in [-0.39, 0.29) is 35.6 Å². The second kappa shape index (κ2) is 12.0. The molecule has 1 unspecified atom stereocenters. The molecule has 1 aliphatic heterocycles. The summed E-state index contributed by atoms with van der Waals surface area (Å²) in [5.41, 5.74) is 1.44. The van der Waals surface area contributed by atoms with Crippen molar-refractivity contribution in [2.45, 2.75) is 34.9 Å². The smallest absolute Gasteiger partial charge is 0.326 e. The van der Waals surface area contributed by atoms with Crippen LogP contribution in [0.15, 0.2) is 71.6 Å². The zero-order valence-electron chi connectivity index (χ0n) is 22.2. The summed E-state index contributed by atoms with van der Waals surface area (Å²) in [6.45, 7) is 0.391. The molecule has 0 saturated carbocycles. The standard InChI is InChI=1S/C29H32N2O8S/c1-38-24-10-6-11-25(39-2)26(24)20-13-12-19(23(32)17-20)16-22(27(33)34)31-28(35)29(14-7-15-30-18-29)40(36,37)21-8-4-3-5-9-21/h3-6,8-13,17,22,30,32H,7,14-16,18H2,1-2H3,(H,31,35)(H,33,34)/t22-,29?/m0/s1. The number of sulfone groups is 1. The molecule has 11 heteroatoms. The van der Waals surface area contributed by atoms with E-state index in [2.05, 4.69) is 10.6 Å². The fraction of sp³-hybridized carbons (Fsp3) is 0.310. The topological polar surface area (TPSA) is 151 Å². The first-order valence-electron chi connectivity index (χ1n) is 12.7. The maximum Gasteiger partial charge on any atom is 0.326 e. The molecule has 3 aromatic rings. The molecule has 0 aliphatic carbocycles. The van der Waals surface area contributed by atoms with E-state index in [0.717, 1.165) is 0 Å². The van der Waals surface area contributed by atoms with E-state index in [4.69, 9.17) is 9.47 Å². The van der Waals surface area contributed by atoms with E-state index in [0.29, 0.717) is 35.6 Å². The van der Waals surface area contributed by atoms with Gasteiger partial charge in [0, 0.05) is 13.0 Å². The summed E-state index contributed by atoms with van der Waals surface area (Å²) in [6, 6.07) is 16.1. The number of carboxylic acid groups (broad SMARTS) is 1. The predicted molar refractivity (Wildman–Crippen MR) is 148 cm³/mol. The molecule has 40 heavy (non-hydrogen) atoms. The van der Waals surface area contributed by atoms with Crippen LogP contribution >= 0.6 is 0 Å². The number of phenolic OH excluding ortho intramolecular Hbond substituents is 1. The van der Waals surface area contributed by atoms with E-state index < -0.39 is 32.5 Å². The van der Waals surface area contributed by atoms with Crippen LogP contribution in [-0.4, -0.2) is 68.6 Å². The van der Waals surface area contributed by atoms with Crippen molar-refractivity contribution in [3.63, 3.8) is 0 Å². The Balaban J connectivity index is 1.63. The Labute approximate surface area is 232 Å². The van der Waals surface area contributed by atoms with Crippen LogP contribution in [0.4, 0.5) is 0 Å². The van der Waals surface area contributed by atoms with Gasteiger partial charge in [-0.05, 0) is 60.8 Å². The number of nitrogens with one attached hydrogen (secondary N) is 2. The third-order valence-corrected chi connectivity index (χ3v) is 9.61. The van der Waals surface area contributed by atoms with Gasteiger partial charge in [-0.25, -0.2) is 13.2 Å². The van der Waals surface area contributed by atoms with Gasteiger partial charge in [-0.1, -0.05) is 36.4 Å². The molecule has 10 nitrogen and oxygen atoms in total. The lowest BCUT2D eigenvalue weighted by Crippen LogP contribution is -2.62. The molecule has 0 spiro atoms. The normalized spacial score (nSPS) is 17.9. The average Bonchev–Trinajstić information content (AvgIpc) is 2.97. The molecule has 1 amide bonds. The number of hydrogen-bond donors (Lipinski definition) is 4. The van der Waals surface area contributed by atoms with Crippen molar-refractivity contribution < 1.29 is 37.7 Å². The van der Waals surface area contributed by atoms with E-state index in [1.807, 2.05) is 0 Å². The first-order chi connectivity index (χ1) is 19.1. The van der Waals surface area contributed by atoms with E-state index in [9.17, 15) is 28.2 Å². The Hall–Kier alpha value is -4.09. The molecular weight excluding hydrogens is 536 g/mol. The van der Waals surface area contributed by atoms with Crippen molar-refractivity contribution in [1.82, 2.24) is 10.6 Å². The zero-order chi connectivity index (χ0) is 28.9. The second-order valence-corrected chi connectivity index (χ2v) is 11.8. The number of phenols is 1. The van der Waals surface area contributed by atoms with Crippen molar-refractivity contribution in [3.05, 3.63) is 72.3 Å². The van der Waals surface area contributed by atoms with Crippen LogP contribution in [0.5, 0.6) is 17.2 Å². The van der Waals surface area contributed by atoms with Crippen LogP contribution in [0, 0.1) is 0 Å². The van der Waals surface area contributed by atoms with Crippen molar-refractivity contribution >= 4 is 21.7 Å². The number of carboxylic acids is 1. The van der Waals surface area contributed by atoms with Crippen molar-refractivity contribution in [2.24, 2.45) is 0 Å². The van der Waals surface area contributed by atoms with Gasteiger partial charge in [0.15, 0.2) is 14.6 Å². The van der Waals surface area contributed by atoms with Gasteiger partial charge >= 0.3 is 5.97 Å². The number of amides is 1. The summed E-state index contributed by atoms with van der Waals surface area (Å²) in [6.07, 6.45) is 0.188. The highest BCUT2D eigenvalue weighted by molar-refractivity contribution is 7.93. The number of aliphatic carboxylic acids is 1. The van der Waals surface area contributed by atoms with Crippen molar-refractivity contribution in [2.75, 3.05) is 27.3 Å². The molecule has 3 aromatic carbocycles. The largest absolute Gasteiger partial charge is 0.508 e. The summed E-state index contributed by atoms with van der Waals surface area (Å²) in [4.78, 5) is 25.8. The van der Waals surface area contributed by atoms with Gasteiger partial charge in [-0.3, -0.25) is 4.79 Å². The van der Waals surface area contributed by atoms with Gasteiger partial charge in [0.1, 0.15) is 23.3 Å². The van der Waals surface area contributed by atoms with E-state index in [1.165, 1.54) is 32.4 Å². The highest BCUT2D eigenvalue weighted by Gasteiger charge is 2.52. The Kier molecular flexibility index (Phi) is 8.65. The quantitative estimate of drug-likeness (QED) is 0.289. The number of carbonyl (C=O) groups excluding carboxylic acids is 1. The number of carbonyl (C=O) groups is 2. The summed E-state index contributed by atoms with van der Waals surface area (Å²) >= 11 is 0. The van der Waals surface area contributed by atoms with Gasteiger partial charge < -0.3 is 30.3 Å². The van der Waals surface area contributed by atoms with Crippen molar-refractivity contribution in [1.29, 1.82) is 0 Å². The molecule has 4 N–H and O–H groups in total. The number of aromatic hydroxyl groups is 1. The molecular formula is C29H32N2O8S. The van der Waals surface area contributed by atoms with Crippen LogP contribution in [0.25, 0.3) is 11.1 Å². The fourth-order valence-corrected chi connectivity index (χ4v) is 6.96. The lowest BCUT2D eigenvalue weighted by molar-refractivity contribution is -0.142. The number of methoxy groups -OCH3 is 2. The molecule has 0 bridgehead atoms. The average molecular weight is 569 g/mol. The molecule has 1 saturated heterocycles. The molecule has 0 aromatic heterocycles. The molecule has 1 heterocycles. The lowest BCUT2D eigenvalue weighted by atomic mass is 9.95. The lowest BCUT2D eigenvalue weighted by Gasteiger charge is -2.36. The molecule has 4 rings (SSSR count). The van der Waals surface area contributed by atoms with Crippen LogP contribution in [0.1, 0.15) is 18.4 Å². The Bertz CT molecular complexity index is 1460. The maximum absolute atomic E-state index is 13.7. The minimum absolute atomic E-state index is 0.0132. The van der Waals surface area contributed by atoms with Crippen LogP contribution < -0.4 is 20.1 Å². The van der Waals surface area contributed by atoms with Crippen LogP contribution in [-0.2, 0) is 25.8 Å². The molecule has 212 valence electrons. The number of hydrogen-bond acceptors (Lipinski definition) is 8. The summed E-state index contributed by atoms with van der Waals surface area (Å²) in [5.74, 6) is -1.41. The summed E-state index contributed by atoms with van der Waals surface area (Å²) in [7, 11) is -1.14. The first-order valence-corrected chi connectivity index (χ1v) is 14.2. The Morgan fingerprint density at radius 1 is 1.02 bits per heavy atom. The molecule has 1 fully saturated rings. The van der Waals surface area contributed by atoms with Crippen LogP contribution in [0.3, 0.4) is 0 Å². The Morgan fingerprint density at radius 2 is 1.70 bits per heavy atom. The van der Waals surface area contributed by atoms with Crippen molar-refractivity contribution in [3.8, 4) is 28.4 Å². The monoisotopic (exact) mass is 568 g/mol. The summed E-state index contributed by atoms with van der Waals surface area (Å²) in [5, 5.41) is 26.2. The number of benzene rings is 3. The molecule has 2 atom stereocenters. The minimum Gasteiger partial charge on any atom is -0.508 e. The molecule has 1 aliphatic rings. The van der Waals surface area contributed by atoms with Crippen LogP contribution in [0.2, 0.25) is 0 Å². The third kappa shape index (κ3) is 5.47. The second-order valence-electron chi connectivity index (χ2n) is 9.54. The van der Waals surface area contributed by atoms with Gasteiger partial charge in [0.2, 0.25) is 5.91 Å². The zero-order valence-corrected chi connectivity index (χ0v) is 23.0. The van der Waals surface area contributed by atoms with Gasteiger partial charge in [0.25, 0.3) is 0 Å². The van der Waals surface area contributed by atoms with Gasteiger partial charge in [-0.2, -0.15) is 0 Å². The maximum atomic E-state index is 13.7. The SMILES string of the molecule is COc1cccc(OC)c1-c1ccc(C[C@H](NC(=O)C2(S(=O)(=O)c3ccccc3)CCCNC2)C(=O)O)c(O)c1. The van der Waals surface area contributed by atoms with Gasteiger partial charge in [0.05, 0.1) is 24.7 Å². The Morgan fingerprint density at radius 3 is 2.25 bits per heavy atom. The fourth-order valence-electron chi connectivity index (χ4n) is 4.99. The number of ether oxygens (including phenoxy) is 2. The van der Waals surface area contributed by atoms with E-state index in [1.54, 1.807) is 48.5 Å². The van der Waals surface area contributed by atoms with E-state index >= 15 is 0 Å². The minimum atomic E-state index is -4.17. The third-order valence-electron chi connectivity index (χ3n) is 7.16. The van der Waals surface area contributed by atoms with Gasteiger partial charge in [-0.15, -0.1) is 0 Å². The first kappa shape index (κ1) is 28.9. The number of rotatable bonds is 10. The highest BCUT2D eigenvalue weighted by Crippen LogP contribution is 2.40. The highest BCUT2D eigenvalue weighted by atomic mass is 32.2. The molecule has 0 radical (unpaired) electrons. The number of piperidine rings is 1. The summed E-state index contributed by atoms with van der Waals surface area (Å²) < 4.78 is 36.4.